The van der Waals surface area contributed by atoms with Crippen LogP contribution in [-0.2, 0) is 4.79 Å². The van der Waals surface area contributed by atoms with Crippen LogP contribution in [-0.4, -0.2) is 39.7 Å². The first-order valence-corrected chi connectivity index (χ1v) is 9.84. The van der Waals surface area contributed by atoms with E-state index in [1.54, 1.807) is 18.2 Å². The van der Waals surface area contributed by atoms with Gasteiger partial charge in [0.05, 0.1) is 0 Å². The van der Waals surface area contributed by atoms with Crippen LogP contribution in [0.15, 0.2) is 48.5 Å². The molecule has 0 fully saturated rings. The molecule has 0 amide bonds. The fourth-order valence-electron chi connectivity index (χ4n) is 3.77. The van der Waals surface area contributed by atoms with Crippen LogP contribution in [0, 0.1) is 0 Å². The lowest BCUT2D eigenvalue weighted by atomic mass is 9.86. The van der Waals surface area contributed by atoms with Gasteiger partial charge in [0.1, 0.15) is 11.8 Å². The van der Waals surface area contributed by atoms with Gasteiger partial charge in [-0.05, 0) is 63.9 Å². The van der Waals surface area contributed by atoms with E-state index < -0.39 is 12.0 Å². The van der Waals surface area contributed by atoms with Crippen LogP contribution in [0.25, 0.3) is 0 Å². The Hall–Kier alpha value is -2.37. The summed E-state index contributed by atoms with van der Waals surface area (Å²) < 4.78 is 0. The first kappa shape index (κ1) is 21.9. The van der Waals surface area contributed by atoms with Crippen molar-refractivity contribution in [1.82, 2.24) is 4.90 Å². The van der Waals surface area contributed by atoms with Crippen LogP contribution in [0.1, 0.15) is 62.8 Å². The summed E-state index contributed by atoms with van der Waals surface area (Å²) in [5.41, 5.74) is 8.10. The molecule has 2 rings (SSSR count). The lowest BCUT2D eigenvalue weighted by Crippen LogP contribution is -2.38. The zero-order chi connectivity index (χ0) is 20.8. The Balaban J connectivity index is 2.42. The number of aromatic hydroxyl groups is 1. The third-order valence-electron chi connectivity index (χ3n) is 5.26. The number of benzene rings is 2. The van der Waals surface area contributed by atoms with E-state index in [9.17, 15) is 15.0 Å². The molecule has 0 aromatic heterocycles. The number of hydrogen-bond acceptors (Lipinski definition) is 4. The third-order valence-corrected chi connectivity index (χ3v) is 5.26. The number of carboxylic acids is 1. The Labute approximate surface area is 167 Å². The molecule has 0 bridgehead atoms. The fraction of sp³-hybridized carbons (Fsp3) is 0.435. The highest BCUT2D eigenvalue weighted by atomic mass is 16.4. The first-order chi connectivity index (χ1) is 13.2. The minimum Gasteiger partial charge on any atom is -0.508 e. The Morgan fingerprint density at radius 2 is 1.61 bits per heavy atom. The Bertz CT molecular complexity index is 767. The van der Waals surface area contributed by atoms with Gasteiger partial charge in [0.25, 0.3) is 0 Å². The topological polar surface area (TPSA) is 86.8 Å². The summed E-state index contributed by atoms with van der Waals surface area (Å²) in [5.74, 6) is -0.975. The second kappa shape index (κ2) is 9.71. The van der Waals surface area contributed by atoms with Gasteiger partial charge in [-0.3, -0.25) is 9.69 Å². The van der Waals surface area contributed by atoms with Gasteiger partial charge < -0.3 is 15.9 Å². The molecule has 152 valence electrons. The average Bonchev–Trinajstić information content (AvgIpc) is 2.65. The summed E-state index contributed by atoms with van der Waals surface area (Å²) in [6.07, 6.45) is 0.805. The predicted octanol–water partition coefficient (Wildman–Crippen LogP) is 4.12. The van der Waals surface area contributed by atoms with E-state index in [0.29, 0.717) is 23.2 Å². The van der Waals surface area contributed by atoms with Crippen LogP contribution >= 0.6 is 0 Å². The standard InChI is InChI=1S/C23H32N2O3/c1-15(2)25(16(3)4)13-12-19(17-8-6-5-7-9-17)20-14-18(10-11-21(20)26)22(24)23(27)28/h5-11,14-16,19,22,26H,12-13,24H2,1-4H3,(H,27,28). The van der Waals surface area contributed by atoms with Crippen molar-refractivity contribution in [2.45, 2.75) is 58.2 Å². The highest BCUT2D eigenvalue weighted by molar-refractivity contribution is 5.75. The maximum absolute atomic E-state index is 11.3. The van der Waals surface area contributed by atoms with Gasteiger partial charge in [0, 0.05) is 23.6 Å². The summed E-state index contributed by atoms with van der Waals surface area (Å²) >= 11 is 0. The van der Waals surface area contributed by atoms with Gasteiger partial charge in [0.2, 0.25) is 0 Å². The van der Waals surface area contributed by atoms with Crippen molar-refractivity contribution in [3.8, 4) is 5.75 Å². The van der Waals surface area contributed by atoms with Crippen LogP contribution in [0.2, 0.25) is 0 Å². The molecule has 2 unspecified atom stereocenters. The summed E-state index contributed by atoms with van der Waals surface area (Å²) in [5, 5.41) is 19.8. The molecule has 0 saturated heterocycles. The molecular formula is C23H32N2O3. The minimum absolute atomic E-state index is 0.0536. The molecule has 2 aromatic rings. The number of phenolic OH excluding ortho intramolecular Hbond substituents is 1. The highest BCUT2D eigenvalue weighted by Gasteiger charge is 2.23. The average molecular weight is 385 g/mol. The summed E-state index contributed by atoms with van der Waals surface area (Å²) in [6, 6.07) is 14.6. The van der Waals surface area contributed by atoms with E-state index >= 15 is 0 Å². The predicted molar refractivity (Wildman–Crippen MR) is 113 cm³/mol. The Morgan fingerprint density at radius 3 is 2.14 bits per heavy atom. The molecule has 0 saturated carbocycles. The number of carbonyl (C=O) groups is 1. The smallest absolute Gasteiger partial charge is 0.325 e. The number of carboxylic acid groups (broad SMARTS) is 1. The molecule has 4 N–H and O–H groups in total. The van der Waals surface area contributed by atoms with Crippen molar-refractivity contribution in [3.63, 3.8) is 0 Å². The summed E-state index contributed by atoms with van der Waals surface area (Å²) in [7, 11) is 0. The van der Waals surface area contributed by atoms with Crippen LogP contribution in [0.5, 0.6) is 5.75 Å². The van der Waals surface area contributed by atoms with Crippen molar-refractivity contribution in [2.75, 3.05) is 6.54 Å². The van der Waals surface area contributed by atoms with Crippen molar-refractivity contribution >= 4 is 5.97 Å². The molecule has 5 nitrogen and oxygen atoms in total. The van der Waals surface area contributed by atoms with E-state index in [0.717, 1.165) is 18.5 Å². The van der Waals surface area contributed by atoms with Crippen LogP contribution in [0.3, 0.4) is 0 Å². The molecule has 0 aliphatic rings. The largest absolute Gasteiger partial charge is 0.508 e. The highest BCUT2D eigenvalue weighted by Crippen LogP contribution is 2.36. The first-order valence-electron chi connectivity index (χ1n) is 9.84. The summed E-state index contributed by atoms with van der Waals surface area (Å²) in [4.78, 5) is 13.7. The maximum atomic E-state index is 11.3. The molecule has 0 spiro atoms. The fourth-order valence-corrected chi connectivity index (χ4v) is 3.77. The quantitative estimate of drug-likeness (QED) is 0.605. The lowest BCUT2D eigenvalue weighted by molar-refractivity contribution is -0.138. The summed E-state index contributed by atoms with van der Waals surface area (Å²) in [6.45, 7) is 9.59. The van der Waals surface area contributed by atoms with E-state index in [1.807, 2.05) is 30.3 Å². The van der Waals surface area contributed by atoms with Crippen LogP contribution in [0.4, 0.5) is 0 Å². The van der Waals surface area contributed by atoms with E-state index in [-0.39, 0.29) is 11.7 Å². The van der Waals surface area contributed by atoms with E-state index in [4.69, 9.17) is 5.73 Å². The molecular weight excluding hydrogens is 352 g/mol. The Morgan fingerprint density at radius 1 is 1.00 bits per heavy atom. The van der Waals surface area contributed by atoms with Crippen molar-refractivity contribution in [2.24, 2.45) is 5.73 Å². The number of rotatable bonds is 9. The number of phenols is 1. The molecule has 28 heavy (non-hydrogen) atoms. The van der Waals surface area contributed by atoms with Gasteiger partial charge >= 0.3 is 5.97 Å². The zero-order valence-electron chi connectivity index (χ0n) is 17.2. The zero-order valence-corrected chi connectivity index (χ0v) is 17.2. The van der Waals surface area contributed by atoms with Crippen molar-refractivity contribution in [3.05, 3.63) is 65.2 Å². The van der Waals surface area contributed by atoms with Gasteiger partial charge in [-0.15, -0.1) is 0 Å². The van der Waals surface area contributed by atoms with Gasteiger partial charge in [-0.2, -0.15) is 0 Å². The number of hydrogen-bond donors (Lipinski definition) is 3. The number of nitrogens with zero attached hydrogens (tertiary/aromatic N) is 1. The maximum Gasteiger partial charge on any atom is 0.325 e. The van der Waals surface area contributed by atoms with E-state index in [1.165, 1.54) is 0 Å². The molecule has 2 atom stereocenters. The SMILES string of the molecule is CC(C)N(CCC(c1ccccc1)c1cc(C(N)C(=O)O)ccc1O)C(C)C. The number of aliphatic carboxylic acids is 1. The third kappa shape index (κ3) is 5.33. The van der Waals surface area contributed by atoms with Gasteiger partial charge in [-0.1, -0.05) is 36.4 Å². The van der Waals surface area contributed by atoms with Gasteiger partial charge in [0.15, 0.2) is 0 Å². The van der Waals surface area contributed by atoms with Crippen molar-refractivity contribution in [1.29, 1.82) is 0 Å². The molecule has 5 heteroatoms. The monoisotopic (exact) mass is 384 g/mol. The molecule has 2 aromatic carbocycles. The normalized spacial score (nSPS) is 13.9. The second-order valence-electron chi connectivity index (χ2n) is 7.81. The second-order valence-corrected chi connectivity index (χ2v) is 7.81. The molecule has 0 heterocycles. The lowest BCUT2D eigenvalue weighted by Gasteiger charge is -2.32. The molecule has 0 aliphatic heterocycles. The molecule has 0 radical (unpaired) electrons. The van der Waals surface area contributed by atoms with Crippen LogP contribution < -0.4 is 5.73 Å². The minimum atomic E-state index is -1.11. The molecule has 0 aliphatic carbocycles. The Kier molecular flexibility index (Phi) is 7.61. The van der Waals surface area contributed by atoms with Crippen molar-refractivity contribution < 1.29 is 15.0 Å². The number of nitrogens with two attached hydrogens (primary N) is 1. The van der Waals surface area contributed by atoms with Gasteiger partial charge in [-0.25, -0.2) is 0 Å². The van der Waals surface area contributed by atoms with E-state index in [2.05, 4.69) is 32.6 Å².